The number of halogens is 1. The van der Waals surface area contributed by atoms with Crippen LogP contribution in [0.1, 0.15) is 31.5 Å². The van der Waals surface area contributed by atoms with Gasteiger partial charge in [0.05, 0.1) is 6.04 Å². The smallest absolute Gasteiger partial charge is 0.241 e. The fourth-order valence-corrected chi connectivity index (χ4v) is 2.94. The molecule has 1 aliphatic rings. The molecule has 1 saturated heterocycles. The molecule has 1 amide bonds. The second-order valence-corrected chi connectivity index (χ2v) is 5.94. The van der Waals surface area contributed by atoms with E-state index in [0.717, 1.165) is 18.6 Å². The highest BCUT2D eigenvalue weighted by Gasteiger charge is 2.39. The Bertz CT molecular complexity index is 469. The maximum atomic E-state index is 14.0. The quantitative estimate of drug-likeness (QED) is 0.876. The Morgan fingerprint density at radius 3 is 2.80 bits per heavy atom. The molecule has 5 heteroatoms. The van der Waals surface area contributed by atoms with Gasteiger partial charge in [0.2, 0.25) is 5.91 Å². The van der Waals surface area contributed by atoms with Crippen molar-refractivity contribution in [3.8, 4) is 0 Å². The molecule has 1 heterocycles. The Hall–Kier alpha value is -1.07. The SMILES string of the molecule is CCCC1NC(c2ccccc2F)N(CCSC)C1=O. The summed E-state index contributed by atoms with van der Waals surface area (Å²) in [6.07, 6.45) is 3.39. The summed E-state index contributed by atoms with van der Waals surface area (Å²) in [6.45, 7) is 2.70. The molecule has 2 unspecified atom stereocenters. The fraction of sp³-hybridized carbons (Fsp3) is 0.533. The van der Waals surface area contributed by atoms with E-state index in [2.05, 4.69) is 12.2 Å². The third-order valence-corrected chi connectivity index (χ3v) is 4.16. The largest absolute Gasteiger partial charge is 0.321 e. The van der Waals surface area contributed by atoms with Crippen molar-refractivity contribution >= 4 is 17.7 Å². The molecular weight excluding hydrogens is 275 g/mol. The van der Waals surface area contributed by atoms with E-state index in [9.17, 15) is 9.18 Å². The van der Waals surface area contributed by atoms with Crippen molar-refractivity contribution in [2.45, 2.75) is 32.0 Å². The lowest BCUT2D eigenvalue weighted by molar-refractivity contribution is -0.130. The number of hydrogen-bond donors (Lipinski definition) is 1. The van der Waals surface area contributed by atoms with Crippen LogP contribution in [-0.2, 0) is 4.79 Å². The van der Waals surface area contributed by atoms with Gasteiger partial charge in [0.15, 0.2) is 0 Å². The first-order valence-electron chi connectivity index (χ1n) is 6.99. The summed E-state index contributed by atoms with van der Waals surface area (Å²) in [5.74, 6) is 0.690. The van der Waals surface area contributed by atoms with E-state index < -0.39 is 0 Å². The van der Waals surface area contributed by atoms with E-state index in [1.54, 1.807) is 28.8 Å². The Kier molecular flexibility index (Phi) is 5.43. The van der Waals surface area contributed by atoms with Gasteiger partial charge in [0.1, 0.15) is 12.0 Å². The minimum atomic E-state index is -0.340. The van der Waals surface area contributed by atoms with Crippen molar-refractivity contribution in [2.24, 2.45) is 0 Å². The predicted octanol–water partition coefficient (Wildman–Crippen LogP) is 2.79. The van der Waals surface area contributed by atoms with Gasteiger partial charge in [-0.1, -0.05) is 31.5 Å². The lowest BCUT2D eigenvalue weighted by atomic mass is 10.1. The summed E-state index contributed by atoms with van der Waals surface area (Å²) in [6, 6.07) is 6.49. The maximum Gasteiger partial charge on any atom is 0.241 e. The van der Waals surface area contributed by atoms with Gasteiger partial charge in [-0.2, -0.15) is 11.8 Å². The second kappa shape index (κ2) is 7.09. The van der Waals surface area contributed by atoms with Crippen molar-refractivity contribution in [3.63, 3.8) is 0 Å². The van der Waals surface area contributed by atoms with Crippen molar-refractivity contribution in [1.82, 2.24) is 10.2 Å². The van der Waals surface area contributed by atoms with Gasteiger partial charge in [-0.05, 0) is 18.7 Å². The molecule has 1 aromatic rings. The van der Waals surface area contributed by atoms with Crippen molar-refractivity contribution < 1.29 is 9.18 Å². The number of nitrogens with one attached hydrogen (secondary N) is 1. The Morgan fingerprint density at radius 2 is 2.15 bits per heavy atom. The van der Waals surface area contributed by atoms with E-state index in [-0.39, 0.29) is 23.9 Å². The van der Waals surface area contributed by atoms with Gasteiger partial charge in [0, 0.05) is 17.9 Å². The summed E-state index contributed by atoms with van der Waals surface area (Å²) in [4.78, 5) is 14.2. The number of carbonyl (C=O) groups excluding carboxylic acids is 1. The number of amides is 1. The number of thioether (sulfide) groups is 1. The topological polar surface area (TPSA) is 32.3 Å². The van der Waals surface area contributed by atoms with Crippen LogP contribution in [0.25, 0.3) is 0 Å². The molecule has 1 N–H and O–H groups in total. The van der Waals surface area contributed by atoms with Crippen LogP contribution < -0.4 is 5.32 Å². The zero-order chi connectivity index (χ0) is 14.5. The van der Waals surface area contributed by atoms with E-state index in [0.29, 0.717) is 12.1 Å². The fourth-order valence-electron chi connectivity index (χ4n) is 2.56. The molecule has 1 aromatic carbocycles. The Labute approximate surface area is 123 Å². The van der Waals surface area contributed by atoms with Crippen LogP contribution in [0.4, 0.5) is 4.39 Å². The third kappa shape index (κ3) is 3.15. The van der Waals surface area contributed by atoms with Crippen LogP contribution in [-0.4, -0.2) is 35.4 Å². The van der Waals surface area contributed by atoms with Gasteiger partial charge in [-0.25, -0.2) is 4.39 Å². The molecule has 20 heavy (non-hydrogen) atoms. The minimum absolute atomic E-state index is 0.0918. The van der Waals surface area contributed by atoms with Crippen molar-refractivity contribution in [3.05, 3.63) is 35.6 Å². The van der Waals surface area contributed by atoms with Crippen LogP contribution in [0.2, 0.25) is 0 Å². The molecule has 0 saturated carbocycles. The van der Waals surface area contributed by atoms with Gasteiger partial charge in [-0.15, -0.1) is 0 Å². The van der Waals surface area contributed by atoms with E-state index in [1.165, 1.54) is 6.07 Å². The summed E-state index contributed by atoms with van der Waals surface area (Å²) < 4.78 is 14.0. The Balaban J connectivity index is 2.24. The molecule has 2 rings (SSSR count). The van der Waals surface area contributed by atoms with Crippen LogP contribution in [0.3, 0.4) is 0 Å². The van der Waals surface area contributed by atoms with E-state index in [4.69, 9.17) is 0 Å². The van der Waals surface area contributed by atoms with E-state index in [1.807, 2.05) is 12.3 Å². The molecule has 2 atom stereocenters. The monoisotopic (exact) mass is 296 g/mol. The highest BCUT2D eigenvalue weighted by molar-refractivity contribution is 7.98. The molecule has 110 valence electrons. The van der Waals surface area contributed by atoms with Crippen LogP contribution in [0, 0.1) is 5.82 Å². The summed E-state index contributed by atoms with van der Waals surface area (Å²) in [7, 11) is 0. The zero-order valence-electron chi connectivity index (χ0n) is 11.9. The molecule has 1 fully saturated rings. The standard InChI is InChI=1S/C15H21FN2OS/c1-3-6-13-15(19)18(9-10-20-2)14(17-13)11-7-4-5-8-12(11)16/h4-5,7-8,13-14,17H,3,6,9-10H2,1-2H3. The minimum Gasteiger partial charge on any atom is -0.321 e. The van der Waals surface area contributed by atoms with Gasteiger partial charge in [0.25, 0.3) is 0 Å². The first-order chi connectivity index (χ1) is 9.69. The first kappa shape index (κ1) is 15.3. The maximum absolute atomic E-state index is 14.0. The van der Waals surface area contributed by atoms with Crippen LogP contribution in [0.15, 0.2) is 24.3 Å². The molecule has 0 spiro atoms. The number of benzene rings is 1. The average molecular weight is 296 g/mol. The number of hydrogen-bond acceptors (Lipinski definition) is 3. The number of rotatable bonds is 6. The second-order valence-electron chi connectivity index (χ2n) is 4.96. The summed E-state index contributed by atoms with van der Waals surface area (Å²) in [5.41, 5.74) is 0.556. The number of nitrogens with zero attached hydrogens (tertiary/aromatic N) is 1. The molecule has 0 aliphatic carbocycles. The molecule has 0 radical (unpaired) electrons. The first-order valence-corrected chi connectivity index (χ1v) is 8.38. The van der Waals surface area contributed by atoms with Crippen molar-refractivity contribution in [1.29, 1.82) is 0 Å². The van der Waals surface area contributed by atoms with Gasteiger partial charge in [-0.3, -0.25) is 10.1 Å². The normalized spacial score (nSPS) is 22.6. The zero-order valence-corrected chi connectivity index (χ0v) is 12.8. The highest BCUT2D eigenvalue weighted by Crippen LogP contribution is 2.28. The lowest BCUT2D eigenvalue weighted by Gasteiger charge is -2.24. The molecular formula is C15H21FN2OS. The lowest BCUT2D eigenvalue weighted by Crippen LogP contribution is -2.33. The average Bonchev–Trinajstić information content (AvgIpc) is 2.74. The van der Waals surface area contributed by atoms with Crippen LogP contribution >= 0.6 is 11.8 Å². The summed E-state index contributed by atoms with van der Waals surface area (Å²) >= 11 is 1.69. The molecule has 1 aliphatic heterocycles. The molecule has 0 bridgehead atoms. The van der Waals surface area contributed by atoms with Crippen LogP contribution in [0.5, 0.6) is 0 Å². The summed E-state index contributed by atoms with van der Waals surface area (Å²) in [5, 5.41) is 3.28. The number of carbonyl (C=O) groups is 1. The third-order valence-electron chi connectivity index (χ3n) is 3.57. The molecule has 3 nitrogen and oxygen atoms in total. The van der Waals surface area contributed by atoms with Gasteiger partial charge < -0.3 is 4.90 Å². The van der Waals surface area contributed by atoms with E-state index >= 15 is 0 Å². The predicted molar refractivity (Wildman–Crippen MR) is 81.1 cm³/mol. The van der Waals surface area contributed by atoms with Crippen molar-refractivity contribution in [2.75, 3.05) is 18.6 Å². The van der Waals surface area contributed by atoms with Gasteiger partial charge >= 0.3 is 0 Å². The Morgan fingerprint density at radius 1 is 1.40 bits per heavy atom. The molecule has 0 aromatic heterocycles. The highest BCUT2D eigenvalue weighted by atomic mass is 32.2.